The molecule has 3 aromatic rings. The third-order valence-electron chi connectivity index (χ3n) is 4.79. The van der Waals surface area contributed by atoms with Crippen molar-refractivity contribution in [2.24, 2.45) is 0 Å². The molecule has 0 unspecified atom stereocenters. The van der Waals surface area contributed by atoms with Gasteiger partial charge in [-0.25, -0.2) is 9.37 Å². The van der Waals surface area contributed by atoms with Crippen molar-refractivity contribution in [3.63, 3.8) is 0 Å². The van der Waals surface area contributed by atoms with Gasteiger partial charge in [0.25, 0.3) is 0 Å². The zero-order valence-electron chi connectivity index (χ0n) is 18.0. The van der Waals surface area contributed by atoms with Gasteiger partial charge in [-0.2, -0.15) is 10.4 Å². The molecule has 1 amide bonds. The lowest BCUT2D eigenvalue weighted by atomic mass is 10.1. The molecule has 2 atom stereocenters. The topological polar surface area (TPSA) is 109 Å². The number of aliphatic hydroxyl groups excluding tert-OH is 1. The van der Waals surface area contributed by atoms with Crippen LogP contribution in [0.2, 0.25) is 5.02 Å². The normalized spacial score (nSPS) is 12.9. The molecule has 32 heavy (non-hydrogen) atoms. The number of amides is 1. The van der Waals surface area contributed by atoms with Gasteiger partial charge in [0.1, 0.15) is 23.3 Å². The molecule has 8 nitrogen and oxygen atoms in total. The molecule has 3 rings (SSSR count). The molecule has 0 saturated heterocycles. The van der Waals surface area contributed by atoms with Crippen LogP contribution >= 0.6 is 11.6 Å². The number of benzene rings is 1. The van der Waals surface area contributed by atoms with Crippen LogP contribution in [0.3, 0.4) is 0 Å². The average molecular weight is 459 g/mol. The Balaban J connectivity index is 1.59. The van der Waals surface area contributed by atoms with Crippen LogP contribution in [-0.2, 0) is 24.3 Å². The van der Waals surface area contributed by atoms with Crippen molar-refractivity contribution < 1.29 is 14.3 Å². The fourth-order valence-electron chi connectivity index (χ4n) is 3.39. The molecular weight excluding hydrogens is 435 g/mol. The molecule has 168 valence electrons. The summed E-state index contributed by atoms with van der Waals surface area (Å²) < 4.78 is 17.5. The van der Waals surface area contributed by atoms with Gasteiger partial charge in [0.05, 0.1) is 35.5 Å². The van der Waals surface area contributed by atoms with Crippen LogP contribution in [0.4, 0.5) is 4.39 Å². The Labute approximate surface area is 190 Å². The SMILES string of the molecule is Cc1nc(CC(=O)N[C@@H](C)Cn2ccc(-c3cc(F)c(C#N)c(Cl)c3)n2)cn1C[C@@H](C)O. The highest BCUT2D eigenvalue weighted by molar-refractivity contribution is 6.32. The quantitative estimate of drug-likeness (QED) is 0.539. The van der Waals surface area contributed by atoms with Crippen molar-refractivity contribution in [1.29, 1.82) is 5.26 Å². The Bertz CT molecular complexity index is 1140. The van der Waals surface area contributed by atoms with Gasteiger partial charge in [-0.3, -0.25) is 9.48 Å². The van der Waals surface area contributed by atoms with Crippen LogP contribution in [0.5, 0.6) is 0 Å². The van der Waals surface area contributed by atoms with Crippen molar-refractivity contribution >= 4 is 17.5 Å². The predicted octanol–water partition coefficient (Wildman–Crippen LogP) is 2.85. The van der Waals surface area contributed by atoms with Crippen LogP contribution in [0.25, 0.3) is 11.3 Å². The van der Waals surface area contributed by atoms with Crippen molar-refractivity contribution in [3.05, 3.63) is 58.5 Å². The van der Waals surface area contributed by atoms with Gasteiger partial charge in [-0.05, 0) is 39.0 Å². The van der Waals surface area contributed by atoms with E-state index in [0.29, 0.717) is 30.0 Å². The Kier molecular flexibility index (Phi) is 7.28. The minimum atomic E-state index is -0.698. The number of rotatable bonds is 8. The number of hydrogen-bond donors (Lipinski definition) is 2. The van der Waals surface area contributed by atoms with E-state index in [9.17, 15) is 14.3 Å². The number of nitriles is 1. The lowest BCUT2D eigenvalue weighted by molar-refractivity contribution is -0.121. The number of hydrogen-bond acceptors (Lipinski definition) is 5. The van der Waals surface area contributed by atoms with Crippen molar-refractivity contribution in [2.45, 2.75) is 52.4 Å². The van der Waals surface area contributed by atoms with Crippen LogP contribution in [0.1, 0.15) is 30.9 Å². The first-order valence-electron chi connectivity index (χ1n) is 10.1. The van der Waals surface area contributed by atoms with E-state index < -0.39 is 11.9 Å². The number of aromatic nitrogens is 4. The van der Waals surface area contributed by atoms with E-state index in [-0.39, 0.29) is 29.0 Å². The van der Waals surface area contributed by atoms with E-state index >= 15 is 0 Å². The molecule has 0 aliphatic heterocycles. The van der Waals surface area contributed by atoms with Crippen LogP contribution in [0, 0.1) is 24.1 Å². The van der Waals surface area contributed by atoms with E-state index in [1.54, 1.807) is 36.1 Å². The summed E-state index contributed by atoms with van der Waals surface area (Å²) in [5.41, 5.74) is 1.41. The zero-order chi connectivity index (χ0) is 23.4. The second-order valence-electron chi connectivity index (χ2n) is 7.78. The van der Waals surface area contributed by atoms with Gasteiger partial charge < -0.3 is 15.0 Å². The molecule has 0 fully saturated rings. The van der Waals surface area contributed by atoms with Crippen LogP contribution < -0.4 is 5.32 Å². The number of nitrogens with zero attached hydrogens (tertiary/aromatic N) is 5. The Morgan fingerprint density at radius 2 is 2.12 bits per heavy atom. The summed E-state index contributed by atoms with van der Waals surface area (Å²) in [5, 5.41) is 25.8. The van der Waals surface area contributed by atoms with Gasteiger partial charge in [-0.1, -0.05) is 11.6 Å². The van der Waals surface area contributed by atoms with E-state index in [1.165, 1.54) is 12.1 Å². The molecule has 0 saturated carbocycles. The second kappa shape index (κ2) is 9.94. The summed E-state index contributed by atoms with van der Waals surface area (Å²) in [6.07, 6.45) is 3.13. The summed E-state index contributed by atoms with van der Waals surface area (Å²) in [6, 6.07) is 5.96. The average Bonchev–Trinajstić information content (AvgIpc) is 3.27. The Hall–Kier alpha value is -3.22. The second-order valence-corrected chi connectivity index (χ2v) is 8.18. The van der Waals surface area contributed by atoms with Crippen molar-refractivity contribution in [1.82, 2.24) is 24.6 Å². The van der Waals surface area contributed by atoms with E-state index in [1.807, 2.05) is 18.4 Å². The summed E-state index contributed by atoms with van der Waals surface area (Å²) >= 11 is 5.97. The fraction of sp³-hybridized carbons (Fsp3) is 0.364. The number of carbonyl (C=O) groups excluding carboxylic acids is 1. The van der Waals surface area contributed by atoms with Crippen LogP contribution in [0.15, 0.2) is 30.6 Å². The molecule has 0 aliphatic carbocycles. The first-order valence-corrected chi connectivity index (χ1v) is 10.5. The highest BCUT2D eigenvalue weighted by atomic mass is 35.5. The van der Waals surface area contributed by atoms with Gasteiger partial charge in [0, 0.05) is 30.5 Å². The fourth-order valence-corrected chi connectivity index (χ4v) is 3.64. The number of carbonyl (C=O) groups is 1. The number of nitrogens with one attached hydrogen (secondary N) is 1. The Morgan fingerprint density at radius 1 is 1.38 bits per heavy atom. The Morgan fingerprint density at radius 3 is 2.78 bits per heavy atom. The van der Waals surface area contributed by atoms with E-state index in [4.69, 9.17) is 16.9 Å². The third kappa shape index (κ3) is 5.72. The molecule has 0 bridgehead atoms. The number of halogens is 2. The molecule has 0 aliphatic rings. The number of aryl methyl sites for hydroxylation is 1. The summed E-state index contributed by atoms with van der Waals surface area (Å²) in [7, 11) is 0. The predicted molar refractivity (Wildman–Crippen MR) is 117 cm³/mol. The first-order chi connectivity index (χ1) is 15.2. The van der Waals surface area contributed by atoms with E-state index in [2.05, 4.69) is 15.4 Å². The highest BCUT2D eigenvalue weighted by Crippen LogP contribution is 2.26. The lowest BCUT2D eigenvalue weighted by Gasteiger charge is -2.13. The molecule has 2 heterocycles. The zero-order valence-corrected chi connectivity index (χ0v) is 18.8. The number of imidazole rings is 1. The van der Waals surface area contributed by atoms with Crippen molar-refractivity contribution in [3.8, 4) is 17.3 Å². The monoisotopic (exact) mass is 458 g/mol. The summed E-state index contributed by atoms with van der Waals surface area (Å²) in [6.45, 7) is 6.21. The first kappa shape index (κ1) is 23.4. The molecule has 10 heteroatoms. The molecule has 2 N–H and O–H groups in total. The van der Waals surface area contributed by atoms with Gasteiger partial charge in [-0.15, -0.1) is 0 Å². The molecular formula is C22H24ClFN6O2. The minimum absolute atomic E-state index is 0.0313. The molecule has 2 aromatic heterocycles. The molecule has 1 aromatic carbocycles. The maximum atomic E-state index is 14.0. The van der Waals surface area contributed by atoms with Gasteiger partial charge in [0.2, 0.25) is 5.91 Å². The van der Waals surface area contributed by atoms with Gasteiger partial charge >= 0.3 is 0 Å². The lowest BCUT2D eigenvalue weighted by Crippen LogP contribution is -2.36. The maximum Gasteiger partial charge on any atom is 0.226 e. The molecule has 0 spiro atoms. The summed E-state index contributed by atoms with van der Waals surface area (Å²) in [5.74, 6) is -0.131. The number of aliphatic hydroxyl groups is 1. The molecule has 0 radical (unpaired) electrons. The standard InChI is InChI=1S/C22H24ClFN6O2/c1-13(26-22(32)8-17-12-29(11-14(2)31)15(3)27-17)10-30-5-4-21(28-30)16-6-19(23)18(9-25)20(24)7-16/h4-7,12-14,31H,8,10-11H2,1-3H3,(H,26,32)/t13-,14+/m0/s1. The van der Waals surface area contributed by atoms with Gasteiger partial charge in [0.15, 0.2) is 0 Å². The van der Waals surface area contributed by atoms with Crippen molar-refractivity contribution in [2.75, 3.05) is 0 Å². The third-order valence-corrected chi connectivity index (χ3v) is 5.09. The largest absolute Gasteiger partial charge is 0.392 e. The highest BCUT2D eigenvalue weighted by Gasteiger charge is 2.15. The minimum Gasteiger partial charge on any atom is -0.392 e. The maximum absolute atomic E-state index is 14.0. The van der Waals surface area contributed by atoms with Crippen LogP contribution in [-0.4, -0.2) is 42.5 Å². The van der Waals surface area contributed by atoms with E-state index in [0.717, 1.165) is 5.82 Å². The smallest absolute Gasteiger partial charge is 0.226 e. The summed E-state index contributed by atoms with van der Waals surface area (Å²) in [4.78, 5) is 16.8.